The number of nitrogens with two attached hydrogens (primary N) is 3. The van der Waals surface area contributed by atoms with Gasteiger partial charge in [-0.05, 0) is 36.1 Å². The summed E-state index contributed by atoms with van der Waals surface area (Å²) in [7, 11) is 0. The summed E-state index contributed by atoms with van der Waals surface area (Å²) in [5, 5.41) is 16.9. The molecule has 0 aliphatic rings. The Kier molecular flexibility index (Phi) is 11.7. The van der Waals surface area contributed by atoms with E-state index in [-0.39, 0.29) is 5.56 Å². The predicted molar refractivity (Wildman–Crippen MR) is 133 cm³/mol. The standard InChI is InChI=1S/C13H10O.C7H7NO2.C6H14N2O2/c14-10-11-6-8-13(9-7-11)12-4-2-1-3-5-12;8-6-4-2-1-3-5(6)7(9)10;1-2-3-4-6(7,8)5(9)10/h1-10H;1-4H,8H2,(H,9,10);2-4,7-8H2,1H3,(H,9,10). The number of aliphatic carboxylic acids is 1. The van der Waals surface area contributed by atoms with Crippen LogP contribution in [0.15, 0.2) is 78.9 Å². The number of nitrogen functional groups attached to an aromatic ring is 1. The lowest BCUT2D eigenvalue weighted by molar-refractivity contribution is -0.143. The van der Waals surface area contributed by atoms with Crippen LogP contribution < -0.4 is 17.2 Å². The maximum Gasteiger partial charge on any atom is 0.338 e. The van der Waals surface area contributed by atoms with Crippen molar-refractivity contribution < 1.29 is 24.6 Å². The number of carbonyl (C=O) groups excluding carboxylic acids is 1. The predicted octanol–water partition coefficient (Wildman–Crippen LogP) is 4.01. The third-order valence-electron chi connectivity index (χ3n) is 4.69. The zero-order chi connectivity index (χ0) is 25.6. The van der Waals surface area contributed by atoms with Crippen molar-refractivity contribution in [3.63, 3.8) is 0 Å². The van der Waals surface area contributed by atoms with Gasteiger partial charge in [0.2, 0.25) is 0 Å². The van der Waals surface area contributed by atoms with Crippen LogP contribution in [0.2, 0.25) is 0 Å². The van der Waals surface area contributed by atoms with Gasteiger partial charge in [-0.1, -0.05) is 80.1 Å². The molecule has 0 spiro atoms. The molecule has 0 aromatic heterocycles. The molecule has 34 heavy (non-hydrogen) atoms. The number of benzene rings is 3. The molecule has 8 nitrogen and oxygen atoms in total. The molecule has 0 aliphatic carbocycles. The normalized spacial score (nSPS) is 10.1. The van der Waals surface area contributed by atoms with Gasteiger partial charge in [0.15, 0.2) is 5.66 Å². The number of carboxylic acids is 2. The summed E-state index contributed by atoms with van der Waals surface area (Å²) in [5.74, 6) is -2.13. The Morgan fingerprint density at radius 2 is 1.38 bits per heavy atom. The number of aldehydes is 1. The molecule has 0 bridgehead atoms. The zero-order valence-corrected chi connectivity index (χ0v) is 19.1. The number of carbonyl (C=O) groups is 3. The number of hydrogen-bond donors (Lipinski definition) is 5. The Labute approximate surface area is 199 Å². The summed E-state index contributed by atoms with van der Waals surface area (Å²) in [6.07, 6.45) is 2.84. The maximum absolute atomic E-state index is 10.5. The van der Waals surface area contributed by atoms with Crippen molar-refractivity contribution in [2.75, 3.05) is 5.73 Å². The van der Waals surface area contributed by atoms with Crippen LogP contribution >= 0.6 is 0 Å². The Hall–Kier alpha value is -4.01. The fraction of sp³-hybridized carbons (Fsp3) is 0.192. The first-order chi connectivity index (χ1) is 16.1. The van der Waals surface area contributed by atoms with Crippen molar-refractivity contribution in [3.8, 4) is 11.1 Å². The third kappa shape index (κ3) is 9.64. The fourth-order valence-electron chi connectivity index (χ4n) is 2.65. The second-order valence-electron chi connectivity index (χ2n) is 7.45. The van der Waals surface area contributed by atoms with Crippen molar-refractivity contribution in [2.24, 2.45) is 11.5 Å². The molecule has 0 unspecified atom stereocenters. The number of anilines is 1. The number of carboxylic acid groups (broad SMARTS) is 2. The van der Waals surface area contributed by atoms with E-state index < -0.39 is 17.6 Å². The molecule has 8 heteroatoms. The molecular weight excluding hydrogens is 434 g/mol. The molecule has 0 fully saturated rings. The topological polar surface area (TPSA) is 170 Å². The van der Waals surface area contributed by atoms with Gasteiger partial charge in [0.25, 0.3) is 0 Å². The van der Waals surface area contributed by atoms with E-state index >= 15 is 0 Å². The van der Waals surface area contributed by atoms with Gasteiger partial charge in [0.1, 0.15) is 6.29 Å². The minimum absolute atomic E-state index is 0.155. The van der Waals surface area contributed by atoms with E-state index in [2.05, 4.69) is 12.1 Å². The molecule has 3 aromatic carbocycles. The van der Waals surface area contributed by atoms with E-state index in [1.54, 1.807) is 18.2 Å². The van der Waals surface area contributed by atoms with Crippen LogP contribution in [0.4, 0.5) is 5.69 Å². The van der Waals surface area contributed by atoms with Crippen LogP contribution in [-0.2, 0) is 4.79 Å². The molecule has 3 rings (SSSR count). The number of rotatable bonds is 7. The van der Waals surface area contributed by atoms with E-state index in [1.165, 1.54) is 11.6 Å². The Bertz CT molecular complexity index is 1050. The van der Waals surface area contributed by atoms with Crippen LogP contribution in [0.25, 0.3) is 11.1 Å². The van der Waals surface area contributed by atoms with Gasteiger partial charge in [-0.25, -0.2) is 9.59 Å². The minimum Gasteiger partial charge on any atom is -0.479 e. The molecule has 3 aromatic rings. The largest absolute Gasteiger partial charge is 0.479 e. The SMILES string of the molecule is CCCCC(N)(N)C(=O)O.Nc1ccccc1C(=O)O.O=Cc1ccc(-c2ccccc2)cc1. The number of hydrogen-bond acceptors (Lipinski definition) is 6. The highest BCUT2D eigenvalue weighted by Gasteiger charge is 2.27. The summed E-state index contributed by atoms with van der Waals surface area (Å²) in [5.41, 5.74) is 17.7. The van der Waals surface area contributed by atoms with Crippen molar-refractivity contribution >= 4 is 23.9 Å². The summed E-state index contributed by atoms with van der Waals surface area (Å²) >= 11 is 0. The fourth-order valence-corrected chi connectivity index (χ4v) is 2.65. The summed E-state index contributed by atoms with van der Waals surface area (Å²) in [4.78, 5) is 31.1. The second-order valence-corrected chi connectivity index (χ2v) is 7.45. The third-order valence-corrected chi connectivity index (χ3v) is 4.69. The monoisotopic (exact) mass is 465 g/mol. The van der Waals surface area contributed by atoms with E-state index in [4.69, 9.17) is 27.4 Å². The van der Waals surface area contributed by atoms with Gasteiger partial charge in [-0.3, -0.25) is 4.79 Å². The number of unbranched alkanes of at least 4 members (excludes halogenated alkanes) is 1. The van der Waals surface area contributed by atoms with Crippen LogP contribution in [-0.4, -0.2) is 34.1 Å². The van der Waals surface area contributed by atoms with Gasteiger partial charge in [0.05, 0.1) is 5.56 Å². The highest BCUT2D eigenvalue weighted by atomic mass is 16.4. The van der Waals surface area contributed by atoms with Gasteiger partial charge in [-0.15, -0.1) is 0 Å². The molecule has 0 saturated heterocycles. The smallest absolute Gasteiger partial charge is 0.338 e. The molecule has 0 heterocycles. The lowest BCUT2D eigenvalue weighted by atomic mass is 10.0. The van der Waals surface area contributed by atoms with E-state index in [0.29, 0.717) is 17.7 Å². The van der Waals surface area contributed by atoms with E-state index in [1.807, 2.05) is 49.4 Å². The first kappa shape index (κ1) is 28.0. The van der Waals surface area contributed by atoms with Crippen LogP contribution in [0.1, 0.15) is 46.9 Å². The van der Waals surface area contributed by atoms with Crippen LogP contribution in [0.5, 0.6) is 0 Å². The molecule has 0 amide bonds. The second kappa shape index (κ2) is 14.2. The van der Waals surface area contributed by atoms with Gasteiger partial charge < -0.3 is 27.4 Å². The van der Waals surface area contributed by atoms with Gasteiger partial charge in [0, 0.05) is 11.3 Å². The average molecular weight is 466 g/mol. The quantitative estimate of drug-likeness (QED) is 0.198. The Balaban J connectivity index is 0.000000262. The van der Waals surface area contributed by atoms with Gasteiger partial charge >= 0.3 is 11.9 Å². The van der Waals surface area contributed by atoms with Crippen LogP contribution in [0, 0.1) is 0 Å². The average Bonchev–Trinajstić information content (AvgIpc) is 2.84. The van der Waals surface area contributed by atoms with Crippen molar-refractivity contribution in [2.45, 2.75) is 31.8 Å². The molecule has 0 saturated carbocycles. The Morgan fingerprint density at radius 3 is 1.82 bits per heavy atom. The Morgan fingerprint density at radius 1 is 0.853 bits per heavy atom. The zero-order valence-electron chi connectivity index (χ0n) is 19.1. The molecule has 0 atom stereocenters. The lowest BCUT2D eigenvalue weighted by Gasteiger charge is -2.17. The molecule has 0 aliphatic heterocycles. The molecule has 8 N–H and O–H groups in total. The van der Waals surface area contributed by atoms with Crippen molar-refractivity contribution in [3.05, 3.63) is 90.0 Å². The summed E-state index contributed by atoms with van der Waals surface area (Å²) in [6, 6.07) is 24.0. The highest BCUT2D eigenvalue weighted by Crippen LogP contribution is 2.18. The lowest BCUT2D eigenvalue weighted by Crippen LogP contribution is -2.56. The molecule has 180 valence electrons. The van der Waals surface area contributed by atoms with Crippen LogP contribution in [0.3, 0.4) is 0 Å². The van der Waals surface area contributed by atoms with E-state index in [9.17, 15) is 14.4 Å². The first-order valence-electron chi connectivity index (χ1n) is 10.6. The van der Waals surface area contributed by atoms with Gasteiger partial charge in [-0.2, -0.15) is 0 Å². The number of para-hydroxylation sites is 1. The first-order valence-corrected chi connectivity index (χ1v) is 10.6. The van der Waals surface area contributed by atoms with E-state index in [0.717, 1.165) is 24.7 Å². The highest BCUT2D eigenvalue weighted by molar-refractivity contribution is 5.93. The van der Waals surface area contributed by atoms with Crippen molar-refractivity contribution in [1.29, 1.82) is 0 Å². The molecule has 0 radical (unpaired) electrons. The van der Waals surface area contributed by atoms with Crippen molar-refractivity contribution in [1.82, 2.24) is 0 Å². The minimum atomic E-state index is -1.53. The summed E-state index contributed by atoms with van der Waals surface area (Å²) in [6.45, 7) is 1.96. The summed E-state index contributed by atoms with van der Waals surface area (Å²) < 4.78 is 0. The molecular formula is C26H31N3O5. The number of aromatic carboxylic acids is 1. The maximum atomic E-state index is 10.5.